The van der Waals surface area contributed by atoms with Gasteiger partial charge in [0, 0.05) is 12.5 Å². The fourth-order valence-corrected chi connectivity index (χ4v) is 5.73. The number of carbonyl (C=O) groups excluding carboxylic acids is 1. The third kappa shape index (κ3) is 8.00. The number of hydrogen-bond acceptors (Lipinski definition) is 2. The monoisotopic (exact) mass is 593 g/mol. The number of halogens is 7. The topological polar surface area (TPSA) is 20.3 Å². The van der Waals surface area contributed by atoms with Gasteiger partial charge in [-0.1, -0.05) is 44.2 Å². The lowest BCUT2D eigenvalue weighted by Gasteiger charge is -2.33. The lowest BCUT2D eigenvalue weighted by Crippen LogP contribution is -2.32. The Labute approximate surface area is 241 Å². The number of benzene rings is 3. The van der Waals surface area contributed by atoms with Crippen molar-refractivity contribution in [1.82, 2.24) is 4.90 Å². The Bertz CT molecular complexity index is 1380. The molecule has 0 amide bonds. The molecule has 0 spiro atoms. The van der Waals surface area contributed by atoms with E-state index in [-0.39, 0.29) is 35.6 Å². The number of carbonyl (C=O) groups is 1. The van der Waals surface area contributed by atoms with E-state index in [2.05, 4.69) is 0 Å². The predicted molar refractivity (Wildman–Crippen MR) is 148 cm³/mol. The molecule has 3 aromatic rings. The van der Waals surface area contributed by atoms with E-state index in [0.29, 0.717) is 44.0 Å². The van der Waals surface area contributed by atoms with Gasteiger partial charge in [0.15, 0.2) is 0 Å². The van der Waals surface area contributed by atoms with Gasteiger partial charge in [-0.25, -0.2) is 4.39 Å². The van der Waals surface area contributed by atoms with E-state index in [1.54, 1.807) is 6.92 Å². The summed E-state index contributed by atoms with van der Waals surface area (Å²) < 4.78 is 92.8. The Kier molecular flexibility index (Phi) is 9.50. The average molecular weight is 594 g/mol. The second-order valence-electron chi connectivity index (χ2n) is 11.7. The van der Waals surface area contributed by atoms with Crippen LogP contribution in [0.4, 0.5) is 30.7 Å². The van der Waals surface area contributed by atoms with E-state index >= 15 is 0 Å². The van der Waals surface area contributed by atoms with Crippen molar-refractivity contribution in [2.24, 2.45) is 5.92 Å². The van der Waals surface area contributed by atoms with Gasteiger partial charge in [0.1, 0.15) is 11.6 Å². The summed E-state index contributed by atoms with van der Waals surface area (Å²) >= 11 is 0. The average Bonchev–Trinajstić information content (AvgIpc) is 2.90. The molecular formula is C33H34F7NO. The SMILES string of the molecule is CC(=O)C(CC(C)C)c1cc(-c2ccc(C(F)(F)F)cc2)cc(C2CCN(Cc3cc(F)cc(C(F)(F)F)c3)CC2)c1. The molecule has 0 aromatic heterocycles. The minimum atomic E-state index is -4.63. The second kappa shape index (κ2) is 12.6. The molecule has 0 bridgehead atoms. The lowest BCUT2D eigenvalue weighted by molar-refractivity contribution is -0.138. The van der Waals surface area contributed by atoms with Crippen LogP contribution in [0.5, 0.6) is 0 Å². The van der Waals surface area contributed by atoms with Gasteiger partial charge in [0.05, 0.1) is 11.1 Å². The fourth-order valence-electron chi connectivity index (χ4n) is 5.73. The molecule has 226 valence electrons. The molecule has 1 aliphatic heterocycles. The number of likely N-dealkylation sites (tertiary alicyclic amines) is 1. The van der Waals surface area contributed by atoms with E-state index in [0.717, 1.165) is 41.0 Å². The first kappa shape index (κ1) is 31.7. The highest BCUT2D eigenvalue weighted by molar-refractivity contribution is 5.84. The molecule has 0 aliphatic carbocycles. The molecule has 9 heteroatoms. The van der Waals surface area contributed by atoms with Gasteiger partial charge in [0.2, 0.25) is 0 Å². The molecule has 3 aromatic carbocycles. The number of rotatable bonds is 8. The maximum absolute atomic E-state index is 13.9. The van der Waals surface area contributed by atoms with Crippen LogP contribution < -0.4 is 0 Å². The van der Waals surface area contributed by atoms with Crippen molar-refractivity contribution >= 4 is 5.78 Å². The Morgan fingerprint density at radius 2 is 1.45 bits per heavy atom. The molecule has 1 fully saturated rings. The van der Waals surface area contributed by atoms with Gasteiger partial charge in [-0.05, 0) is 109 Å². The second-order valence-corrected chi connectivity index (χ2v) is 11.7. The Balaban J connectivity index is 1.59. The highest BCUT2D eigenvalue weighted by Gasteiger charge is 2.32. The van der Waals surface area contributed by atoms with E-state index in [4.69, 9.17) is 0 Å². The summed E-state index contributed by atoms with van der Waals surface area (Å²) in [5.74, 6) is -0.930. The van der Waals surface area contributed by atoms with Gasteiger partial charge in [-0.2, -0.15) is 26.3 Å². The van der Waals surface area contributed by atoms with Crippen molar-refractivity contribution in [3.05, 3.63) is 94.3 Å². The molecule has 0 saturated carbocycles. The first-order valence-electron chi connectivity index (χ1n) is 14.0. The van der Waals surface area contributed by atoms with Crippen molar-refractivity contribution in [2.75, 3.05) is 13.1 Å². The maximum Gasteiger partial charge on any atom is 0.416 e. The van der Waals surface area contributed by atoms with Gasteiger partial charge < -0.3 is 0 Å². The summed E-state index contributed by atoms with van der Waals surface area (Å²) in [7, 11) is 0. The Morgan fingerprint density at radius 1 is 0.833 bits per heavy atom. The van der Waals surface area contributed by atoms with Crippen LogP contribution in [0.25, 0.3) is 11.1 Å². The summed E-state index contributed by atoms with van der Waals surface area (Å²) in [6.45, 7) is 6.94. The van der Waals surface area contributed by atoms with Crippen molar-refractivity contribution in [1.29, 1.82) is 0 Å². The van der Waals surface area contributed by atoms with Crippen LogP contribution in [0.3, 0.4) is 0 Å². The Hall–Kier alpha value is -3.20. The van der Waals surface area contributed by atoms with Gasteiger partial charge in [0.25, 0.3) is 0 Å². The van der Waals surface area contributed by atoms with Gasteiger partial charge >= 0.3 is 12.4 Å². The standard InChI is InChI=1S/C33H34F7NO/c1-20(2)12-31(21(3)42)27-16-25(23-4-6-28(7-5-23)32(35,36)37)15-26(17-27)24-8-10-41(11-9-24)19-22-13-29(33(38,39)40)18-30(34)14-22/h4-7,13-18,20,24,31H,8-12,19H2,1-3H3. The van der Waals surface area contributed by atoms with Crippen molar-refractivity contribution in [2.45, 2.75) is 70.8 Å². The van der Waals surface area contributed by atoms with E-state index in [1.807, 2.05) is 36.9 Å². The number of hydrogen-bond donors (Lipinski definition) is 0. The molecule has 42 heavy (non-hydrogen) atoms. The normalized spacial score (nSPS) is 16.2. The zero-order valence-electron chi connectivity index (χ0n) is 23.7. The third-order valence-electron chi connectivity index (χ3n) is 7.87. The minimum Gasteiger partial charge on any atom is -0.299 e. The van der Waals surface area contributed by atoms with E-state index < -0.39 is 29.3 Å². The summed E-state index contributed by atoms with van der Waals surface area (Å²) in [6.07, 6.45) is -7.07. The molecule has 2 nitrogen and oxygen atoms in total. The van der Waals surface area contributed by atoms with Crippen LogP contribution in [0.1, 0.15) is 79.7 Å². The minimum absolute atomic E-state index is 0.0161. The molecule has 4 rings (SSSR count). The highest BCUT2D eigenvalue weighted by atomic mass is 19.4. The van der Waals surface area contributed by atoms with Gasteiger partial charge in [-0.15, -0.1) is 0 Å². The van der Waals surface area contributed by atoms with E-state index in [9.17, 15) is 35.5 Å². The first-order chi connectivity index (χ1) is 19.6. The lowest BCUT2D eigenvalue weighted by atomic mass is 9.81. The molecule has 1 aliphatic rings. The molecule has 0 radical (unpaired) electrons. The quantitative estimate of drug-likeness (QED) is 0.243. The molecule has 1 atom stereocenters. The number of piperidine rings is 1. The fraction of sp³-hybridized carbons (Fsp3) is 0.424. The molecular weight excluding hydrogens is 559 g/mol. The van der Waals surface area contributed by atoms with Crippen LogP contribution in [-0.2, 0) is 23.7 Å². The molecule has 1 heterocycles. The van der Waals surface area contributed by atoms with Crippen molar-refractivity contribution in [3.63, 3.8) is 0 Å². The summed E-state index contributed by atoms with van der Waals surface area (Å²) in [5, 5.41) is 0. The van der Waals surface area contributed by atoms with Crippen LogP contribution >= 0.6 is 0 Å². The Morgan fingerprint density at radius 3 is 2.00 bits per heavy atom. The summed E-state index contributed by atoms with van der Waals surface area (Å²) in [5.41, 5.74) is 1.64. The van der Waals surface area contributed by atoms with Crippen LogP contribution in [0, 0.1) is 11.7 Å². The first-order valence-corrected chi connectivity index (χ1v) is 14.0. The van der Waals surface area contributed by atoms with Crippen LogP contribution in [0.2, 0.25) is 0 Å². The number of ketones is 1. The molecule has 0 N–H and O–H groups in total. The molecule has 1 saturated heterocycles. The van der Waals surface area contributed by atoms with Crippen molar-refractivity contribution in [3.8, 4) is 11.1 Å². The smallest absolute Gasteiger partial charge is 0.299 e. The number of alkyl halides is 6. The zero-order chi connectivity index (χ0) is 30.8. The zero-order valence-corrected chi connectivity index (χ0v) is 23.7. The summed E-state index contributed by atoms with van der Waals surface area (Å²) in [4.78, 5) is 14.7. The summed E-state index contributed by atoms with van der Waals surface area (Å²) in [6, 6.07) is 13.4. The number of nitrogens with zero attached hydrogens (tertiary/aromatic N) is 1. The van der Waals surface area contributed by atoms with Crippen LogP contribution in [-0.4, -0.2) is 23.8 Å². The molecule has 1 unspecified atom stereocenters. The van der Waals surface area contributed by atoms with Gasteiger partial charge in [-0.3, -0.25) is 9.69 Å². The maximum atomic E-state index is 13.9. The third-order valence-corrected chi connectivity index (χ3v) is 7.87. The number of Topliss-reactive ketones (excluding diaryl/α,β-unsaturated/α-hetero) is 1. The largest absolute Gasteiger partial charge is 0.416 e. The van der Waals surface area contributed by atoms with Crippen molar-refractivity contribution < 1.29 is 35.5 Å². The highest BCUT2D eigenvalue weighted by Crippen LogP contribution is 2.38. The van der Waals surface area contributed by atoms with E-state index in [1.165, 1.54) is 12.1 Å². The van der Waals surface area contributed by atoms with Crippen LogP contribution in [0.15, 0.2) is 60.7 Å². The predicted octanol–water partition coefficient (Wildman–Crippen LogP) is 9.63.